The Morgan fingerprint density at radius 2 is 1.80 bits per heavy atom. The molecular weight excluding hydrogens is 144 g/mol. The zero-order valence-electron chi connectivity index (χ0n) is 7.39. The third-order valence-electron chi connectivity index (χ3n) is 1.10. The van der Waals surface area contributed by atoms with E-state index in [4.69, 9.17) is 0 Å². The van der Waals surface area contributed by atoms with Crippen molar-refractivity contribution in [2.75, 3.05) is 0 Å². The standard InChI is InChI=1S/C8H16OS/c1-6(9)7(2)10-8(3,4)5/h7H,1-5H3. The SMILES string of the molecule is CC(=O)C(C)SC(C)(C)C. The van der Waals surface area contributed by atoms with Crippen molar-refractivity contribution >= 4 is 17.5 Å². The van der Waals surface area contributed by atoms with Gasteiger partial charge in [0.2, 0.25) is 0 Å². The quantitative estimate of drug-likeness (QED) is 0.617. The summed E-state index contributed by atoms with van der Waals surface area (Å²) in [5, 5.41) is 0.139. The molecule has 0 aromatic rings. The first-order valence-electron chi connectivity index (χ1n) is 3.51. The van der Waals surface area contributed by atoms with E-state index >= 15 is 0 Å². The smallest absolute Gasteiger partial charge is 0.142 e. The van der Waals surface area contributed by atoms with Crippen LogP contribution in [0.5, 0.6) is 0 Å². The summed E-state index contributed by atoms with van der Waals surface area (Å²) in [5.74, 6) is 0.264. The van der Waals surface area contributed by atoms with Crippen molar-refractivity contribution in [2.45, 2.75) is 44.6 Å². The first-order valence-corrected chi connectivity index (χ1v) is 4.39. The molecule has 0 N–H and O–H groups in total. The Morgan fingerprint density at radius 3 is 1.90 bits per heavy atom. The van der Waals surface area contributed by atoms with Gasteiger partial charge in [-0.1, -0.05) is 20.8 Å². The second-order valence-corrected chi connectivity index (χ2v) is 5.65. The topological polar surface area (TPSA) is 17.1 Å². The highest BCUT2D eigenvalue weighted by molar-refractivity contribution is 8.01. The van der Waals surface area contributed by atoms with E-state index in [9.17, 15) is 4.79 Å². The highest BCUT2D eigenvalue weighted by Crippen LogP contribution is 2.27. The van der Waals surface area contributed by atoms with Gasteiger partial charge in [0.15, 0.2) is 0 Å². The lowest BCUT2D eigenvalue weighted by atomic mass is 10.3. The van der Waals surface area contributed by atoms with Gasteiger partial charge in [0, 0.05) is 4.75 Å². The van der Waals surface area contributed by atoms with E-state index in [1.807, 2.05) is 6.92 Å². The van der Waals surface area contributed by atoms with Gasteiger partial charge in [-0.2, -0.15) is 0 Å². The molecule has 0 radical (unpaired) electrons. The highest BCUT2D eigenvalue weighted by atomic mass is 32.2. The molecule has 0 bridgehead atoms. The van der Waals surface area contributed by atoms with Crippen molar-refractivity contribution in [3.63, 3.8) is 0 Å². The molecule has 10 heavy (non-hydrogen) atoms. The van der Waals surface area contributed by atoms with E-state index in [0.29, 0.717) is 0 Å². The van der Waals surface area contributed by atoms with Crippen LogP contribution in [0.25, 0.3) is 0 Å². The molecule has 1 unspecified atom stereocenters. The van der Waals surface area contributed by atoms with Crippen molar-refractivity contribution in [1.82, 2.24) is 0 Å². The van der Waals surface area contributed by atoms with E-state index in [1.165, 1.54) is 0 Å². The van der Waals surface area contributed by atoms with Crippen LogP contribution in [-0.4, -0.2) is 15.8 Å². The van der Waals surface area contributed by atoms with Crippen molar-refractivity contribution in [2.24, 2.45) is 0 Å². The zero-order valence-corrected chi connectivity index (χ0v) is 8.21. The summed E-state index contributed by atoms with van der Waals surface area (Å²) in [6.45, 7) is 9.97. The van der Waals surface area contributed by atoms with Crippen molar-refractivity contribution in [3.05, 3.63) is 0 Å². The molecule has 0 heterocycles. The monoisotopic (exact) mass is 160 g/mol. The lowest BCUT2D eigenvalue weighted by Crippen LogP contribution is -2.18. The third-order valence-corrected chi connectivity index (χ3v) is 2.50. The van der Waals surface area contributed by atoms with Gasteiger partial charge in [0.05, 0.1) is 5.25 Å². The van der Waals surface area contributed by atoms with Crippen LogP contribution in [0.2, 0.25) is 0 Å². The van der Waals surface area contributed by atoms with Crippen LogP contribution in [0, 0.1) is 0 Å². The van der Waals surface area contributed by atoms with Crippen molar-refractivity contribution in [3.8, 4) is 0 Å². The zero-order chi connectivity index (χ0) is 8.36. The number of hydrogen-bond acceptors (Lipinski definition) is 2. The molecule has 1 atom stereocenters. The molecule has 0 aromatic carbocycles. The average molecular weight is 160 g/mol. The Hall–Kier alpha value is 0.0200. The fourth-order valence-corrected chi connectivity index (χ4v) is 1.84. The molecule has 60 valence electrons. The molecule has 1 nitrogen and oxygen atoms in total. The summed E-state index contributed by atoms with van der Waals surface area (Å²) in [4.78, 5) is 10.8. The molecular formula is C8H16OS. The summed E-state index contributed by atoms with van der Waals surface area (Å²) in [6.07, 6.45) is 0. The number of carbonyl (C=O) groups excluding carboxylic acids is 1. The molecule has 0 aromatic heterocycles. The fraction of sp³-hybridized carbons (Fsp3) is 0.875. The predicted molar refractivity (Wildman–Crippen MR) is 47.5 cm³/mol. The van der Waals surface area contributed by atoms with Gasteiger partial charge in [-0.05, 0) is 13.8 Å². The van der Waals surface area contributed by atoms with Crippen molar-refractivity contribution < 1.29 is 4.79 Å². The summed E-state index contributed by atoms with van der Waals surface area (Å²) >= 11 is 1.72. The molecule has 0 saturated heterocycles. The van der Waals surface area contributed by atoms with Gasteiger partial charge in [-0.15, -0.1) is 11.8 Å². The molecule has 0 aliphatic carbocycles. The van der Waals surface area contributed by atoms with E-state index in [2.05, 4.69) is 20.8 Å². The van der Waals surface area contributed by atoms with Gasteiger partial charge in [-0.25, -0.2) is 0 Å². The van der Waals surface area contributed by atoms with E-state index in [0.717, 1.165) is 0 Å². The molecule has 2 heteroatoms. The third kappa shape index (κ3) is 4.86. The Morgan fingerprint density at radius 1 is 1.40 bits per heavy atom. The van der Waals surface area contributed by atoms with Gasteiger partial charge < -0.3 is 0 Å². The number of Topliss-reactive ketones (excluding diaryl/α,β-unsaturated/α-hetero) is 1. The highest BCUT2D eigenvalue weighted by Gasteiger charge is 2.17. The number of ketones is 1. The summed E-state index contributed by atoms with van der Waals surface area (Å²) in [5.41, 5.74) is 0. The van der Waals surface area contributed by atoms with Gasteiger partial charge >= 0.3 is 0 Å². The molecule has 0 aliphatic rings. The maximum atomic E-state index is 10.8. The Balaban J connectivity index is 3.80. The predicted octanol–water partition coefficient (Wildman–Crippen LogP) is 2.50. The second kappa shape index (κ2) is 3.42. The average Bonchev–Trinajstić information content (AvgIpc) is 1.60. The van der Waals surface area contributed by atoms with Crippen LogP contribution in [0.4, 0.5) is 0 Å². The first kappa shape index (κ1) is 10.0. The van der Waals surface area contributed by atoms with E-state index in [-0.39, 0.29) is 15.8 Å². The van der Waals surface area contributed by atoms with Crippen LogP contribution in [-0.2, 0) is 4.79 Å². The van der Waals surface area contributed by atoms with Crippen LogP contribution in [0.1, 0.15) is 34.6 Å². The summed E-state index contributed by atoms with van der Waals surface area (Å²) < 4.78 is 0.199. The van der Waals surface area contributed by atoms with E-state index in [1.54, 1.807) is 18.7 Å². The lowest BCUT2D eigenvalue weighted by molar-refractivity contribution is -0.116. The van der Waals surface area contributed by atoms with Crippen LogP contribution >= 0.6 is 11.8 Å². The van der Waals surface area contributed by atoms with Gasteiger partial charge in [0.25, 0.3) is 0 Å². The maximum Gasteiger partial charge on any atom is 0.142 e. The number of thioether (sulfide) groups is 1. The number of carbonyl (C=O) groups is 1. The minimum atomic E-state index is 0.139. The Labute approximate surface area is 67.6 Å². The Kier molecular flexibility index (Phi) is 3.43. The van der Waals surface area contributed by atoms with Gasteiger partial charge in [0.1, 0.15) is 5.78 Å². The van der Waals surface area contributed by atoms with Crippen LogP contribution in [0.15, 0.2) is 0 Å². The van der Waals surface area contributed by atoms with Crippen LogP contribution < -0.4 is 0 Å². The summed E-state index contributed by atoms with van der Waals surface area (Å²) in [6, 6.07) is 0. The van der Waals surface area contributed by atoms with Gasteiger partial charge in [-0.3, -0.25) is 4.79 Å². The van der Waals surface area contributed by atoms with E-state index < -0.39 is 0 Å². The minimum Gasteiger partial charge on any atom is -0.299 e. The molecule has 0 spiro atoms. The normalized spacial score (nSPS) is 14.9. The van der Waals surface area contributed by atoms with Crippen LogP contribution in [0.3, 0.4) is 0 Å². The first-order chi connectivity index (χ1) is 4.33. The molecule has 0 fully saturated rings. The second-order valence-electron chi connectivity index (χ2n) is 3.48. The van der Waals surface area contributed by atoms with Crippen molar-refractivity contribution in [1.29, 1.82) is 0 Å². The lowest BCUT2D eigenvalue weighted by Gasteiger charge is -2.20. The molecule has 0 aliphatic heterocycles. The minimum absolute atomic E-state index is 0.139. The molecule has 0 saturated carbocycles. The molecule has 0 rings (SSSR count). The summed E-state index contributed by atoms with van der Waals surface area (Å²) in [7, 11) is 0. The number of hydrogen-bond donors (Lipinski definition) is 0. The molecule has 0 amide bonds. The maximum absolute atomic E-state index is 10.8. The Bertz CT molecular complexity index is 124. The fourth-order valence-electron chi connectivity index (χ4n) is 0.613. The largest absolute Gasteiger partial charge is 0.299 e. The number of rotatable bonds is 2.